The summed E-state index contributed by atoms with van der Waals surface area (Å²) >= 11 is 0. The molecule has 0 atom stereocenters. The van der Waals surface area contributed by atoms with Crippen LogP contribution >= 0.6 is 0 Å². The van der Waals surface area contributed by atoms with Gasteiger partial charge in [-0.1, -0.05) is 0 Å². The number of pyridine rings is 1. The highest BCUT2D eigenvalue weighted by molar-refractivity contribution is 5.84. The molecule has 0 aliphatic carbocycles. The van der Waals surface area contributed by atoms with Gasteiger partial charge in [0.05, 0.1) is 18.0 Å². The summed E-state index contributed by atoms with van der Waals surface area (Å²) in [6.07, 6.45) is 1.49. The Morgan fingerprint density at radius 2 is 2.36 bits per heavy atom. The van der Waals surface area contributed by atoms with Crippen LogP contribution in [0.15, 0.2) is 18.5 Å². The van der Waals surface area contributed by atoms with E-state index < -0.39 is 11.9 Å². The van der Waals surface area contributed by atoms with Crippen molar-refractivity contribution in [3.05, 3.63) is 24.3 Å². The van der Waals surface area contributed by atoms with Crippen molar-refractivity contribution < 1.29 is 13.9 Å². The molecule has 1 aromatic rings. The quantitative estimate of drug-likeness (QED) is 0.792. The van der Waals surface area contributed by atoms with Gasteiger partial charge in [0.15, 0.2) is 5.82 Å². The predicted octanol–water partition coefficient (Wildman–Crippen LogP) is 2.18. The number of anilines is 1. The third-order valence-corrected chi connectivity index (χ3v) is 1.35. The molecular weight excluding hydrogens is 187 g/mol. The second kappa shape index (κ2) is 4.55. The molecule has 1 N–H and O–H groups in total. The van der Waals surface area contributed by atoms with Crippen LogP contribution in [0, 0.1) is 5.82 Å². The van der Waals surface area contributed by atoms with E-state index in [1.165, 1.54) is 12.3 Å². The van der Waals surface area contributed by atoms with Crippen LogP contribution in [0.1, 0.15) is 13.8 Å². The molecule has 1 rings (SSSR count). The van der Waals surface area contributed by atoms with Gasteiger partial charge in [0.2, 0.25) is 0 Å². The van der Waals surface area contributed by atoms with Crippen molar-refractivity contribution in [2.75, 3.05) is 5.32 Å². The normalized spacial score (nSPS) is 10.0. The van der Waals surface area contributed by atoms with Crippen LogP contribution in [0.5, 0.6) is 0 Å². The Labute approximate surface area is 81.1 Å². The molecule has 0 saturated heterocycles. The predicted molar refractivity (Wildman–Crippen MR) is 49.4 cm³/mol. The fraction of sp³-hybridized carbons (Fsp3) is 0.333. The SMILES string of the molecule is CC(C)OC(=O)Nc1ccncc1F. The smallest absolute Gasteiger partial charge is 0.411 e. The Bertz CT molecular complexity index is 328. The van der Waals surface area contributed by atoms with Crippen molar-refractivity contribution in [2.24, 2.45) is 0 Å². The van der Waals surface area contributed by atoms with Gasteiger partial charge in [-0.2, -0.15) is 0 Å². The standard InChI is InChI=1S/C9H11FN2O2/c1-6(2)14-9(13)12-8-3-4-11-5-7(8)10/h3-6H,1-2H3,(H,11,12,13). The summed E-state index contributed by atoms with van der Waals surface area (Å²) in [7, 11) is 0. The Hall–Kier alpha value is -1.65. The van der Waals surface area contributed by atoms with Gasteiger partial charge in [0.1, 0.15) is 0 Å². The average Bonchev–Trinajstić information content (AvgIpc) is 2.07. The Morgan fingerprint density at radius 3 is 2.93 bits per heavy atom. The van der Waals surface area contributed by atoms with E-state index in [0.29, 0.717) is 0 Å². The van der Waals surface area contributed by atoms with Crippen molar-refractivity contribution in [2.45, 2.75) is 20.0 Å². The lowest BCUT2D eigenvalue weighted by Gasteiger charge is -2.09. The summed E-state index contributed by atoms with van der Waals surface area (Å²) in [5.74, 6) is -0.590. The molecule has 0 radical (unpaired) electrons. The first kappa shape index (κ1) is 10.4. The number of ether oxygens (including phenoxy) is 1. The molecule has 0 bridgehead atoms. The fourth-order valence-corrected chi connectivity index (χ4v) is 0.830. The van der Waals surface area contributed by atoms with Gasteiger partial charge < -0.3 is 4.74 Å². The maximum Gasteiger partial charge on any atom is 0.411 e. The van der Waals surface area contributed by atoms with E-state index in [1.54, 1.807) is 13.8 Å². The number of carbonyl (C=O) groups is 1. The van der Waals surface area contributed by atoms with Crippen LogP contribution in [0.4, 0.5) is 14.9 Å². The fourth-order valence-electron chi connectivity index (χ4n) is 0.830. The second-order valence-electron chi connectivity index (χ2n) is 2.93. The van der Waals surface area contributed by atoms with Crippen molar-refractivity contribution in [1.29, 1.82) is 0 Å². The number of halogens is 1. The average molecular weight is 198 g/mol. The van der Waals surface area contributed by atoms with Crippen molar-refractivity contribution in [3.63, 3.8) is 0 Å². The lowest BCUT2D eigenvalue weighted by Crippen LogP contribution is -2.18. The number of hydrogen-bond donors (Lipinski definition) is 1. The molecule has 0 aliphatic rings. The molecule has 1 aromatic heterocycles. The van der Waals surface area contributed by atoms with E-state index in [1.807, 2.05) is 0 Å². The summed E-state index contributed by atoms with van der Waals surface area (Å²) in [6.45, 7) is 3.42. The van der Waals surface area contributed by atoms with E-state index in [0.717, 1.165) is 6.20 Å². The van der Waals surface area contributed by atoms with Gasteiger partial charge in [-0.05, 0) is 19.9 Å². The highest BCUT2D eigenvalue weighted by atomic mass is 19.1. The van der Waals surface area contributed by atoms with Crippen LogP contribution < -0.4 is 5.32 Å². The summed E-state index contributed by atoms with van der Waals surface area (Å²) in [5, 5.41) is 2.27. The molecule has 5 heteroatoms. The third-order valence-electron chi connectivity index (χ3n) is 1.35. The highest BCUT2D eigenvalue weighted by Gasteiger charge is 2.08. The Kier molecular flexibility index (Phi) is 3.39. The zero-order chi connectivity index (χ0) is 10.6. The molecule has 4 nitrogen and oxygen atoms in total. The zero-order valence-electron chi connectivity index (χ0n) is 7.95. The minimum Gasteiger partial charge on any atom is -0.447 e. The first-order chi connectivity index (χ1) is 6.59. The Morgan fingerprint density at radius 1 is 1.64 bits per heavy atom. The summed E-state index contributed by atoms with van der Waals surface area (Å²) in [4.78, 5) is 14.6. The van der Waals surface area contributed by atoms with E-state index in [9.17, 15) is 9.18 Å². The van der Waals surface area contributed by atoms with Gasteiger partial charge in [-0.15, -0.1) is 0 Å². The van der Waals surface area contributed by atoms with Gasteiger partial charge >= 0.3 is 6.09 Å². The van der Waals surface area contributed by atoms with E-state index in [2.05, 4.69) is 10.3 Å². The molecule has 0 fully saturated rings. The number of carbonyl (C=O) groups excluding carboxylic acids is 1. The molecule has 0 spiro atoms. The van der Waals surface area contributed by atoms with Crippen LogP contribution in [-0.4, -0.2) is 17.2 Å². The first-order valence-electron chi connectivity index (χ1n) is 4.16. The lowest BCUT2D eigenvalue weighted by molar-refractivity contribution is 0.130. The molecular formula is C9H11FN2O2. The van der Waals surface area contributed by atoms with Gasteiger partial charge in [0, 0.05) is 6.20 Å². The van der Waals surface area contributed by atoms with E-state index >= 15 is 0 Å². The van der Waals surface area contributed by atoms with Gasteiger partial charge in [-0.3, -0.25) is 10.3 Å². The summed E-state index contributed by atoms with van der Waals surface area (Å²) < 4.78 is 17.7. The number of hydrogen-bond acceptors (Lipinski definition) is 3. The van der Waals surface area contributed by atoms with Crippen molar-refractivity contribution in [3.8, 4) is 0 Å². The summed E-state index contributed by atoms with van der Waals surface area (Å²) in [6, 6.07) is 1.36. The monoisotopic (exact) mass is 198 g/mol. The number of nitrogens with one attached hydrogen (secondary N) is 1. The zero-order valence-corrected chi connectivity index (χ0v) is 7.95. The minimum atomic E-state index is -0.676. The summed E-state index contributed by atoms with van der Waals surface area (Å²) in [5.41, 5.74) is 0.0608. The van der Waals surface area contributed by atoms with Crippen LogP contribution in [0.3, 0.4) is 0 Å². The molecule has 0 aliphatic heterocycles. The number of aromatic nitrogens is 1. The van der Waals surface area contributed by atoms with E-state index in [-0.39, 0.29) is 11.8 Å². The first-order valence-corrected chi connectivity index (χ1v) is 4.16. The lowest BCUT2D eigenvalue weighted by atomic mass is 10.4. The molecule has 1 amide bonds. The van der Waals surface area contributed by atoms with Gasteiger partial charge in [0.25, 0.3) is 0 Å². The minimum absolute atomic E-state index is 0.0608. The van der Waals surface area contributed by atoms with Crippen LogP contribution in [0.2, 0.25) is 0 Å². The maximum atomic E-state index is 13.0. The molecule has 1 heterocycles. The third kappa shape index (κ3) is 3.01. The topological polar surface area (TPSA) is 51.2 Å². The second-order valence-corrected chi connectivity index (χ2v) is 2.93. The van der Waals surface area contributed by atoms with E-state index in [4.69, 9.17) is 4.74 Å². The molecule has 14 heavy (non-hydrogen) atoms. The maximum absolute atomic E-state index is 13.0. The van der Waals surface area contributed by atoms with Crippen molar-refractivity contribution >= 4 is 11.8 Å². The largest absolute Gasteiger partial charge is 0.447 e. The van der Waals surface area contributed by atoms with Crippen LogP contribution in [-0.2, 0) is 4.74 Å². The molecule has 0 aromatic carbocycles. The Balaban J connectivity index is 2.61. The highest BCUT2D eigenvalue weighted by Crippen LogP contribution is 2.11. The number of nitrogens with zero attached hydrogens (tertiary/aromatic N) is 1. The van der Waals surface area contributed by atoms with Gasteiger partial charge in [-0.25, -0.2) is 9.18 Å². The number of rotatable bonds is 2. The van der Waals surface area contributed by atoms with Crippen LogP contribution in [0.25, 0.3) is 0 Å². The molecule has 0 unspecified atom stereocenters. The molecule has 0 saturated carbocycles. The van der Waals surface area contributed by atoms with Crippen molar-refractivity contribution in [1.82, 2.24) is 4.98 Å². The number of amides is 1. The molecule has 76 valence electrons.